The summed E-state index contributed by atoms with van der Waals surface area (Å²) in [4.78, 5) is 10.4. The molecule has 2 nitrogen and oxygen atoms in total. The molecule has 0 aromatic carbocycles. The molecule has 0 saturated heterocycles. The van der Waals surface area contributed by atoms with Crippen molar-refractivity contribution >= 4 is 17.7 Å². The molecule has 0 saturated carbocycles. The van der Waals surface area contributed by atoms with Gasteiger partial charge in [0.1, 0.15) is 0 Å². The van der Waals surface area contributed by atoms with Crippen LogP contribution in [0.1, 0.15) is 20.8 Å². The van der Waals surface area contributed by atoms with E-state index in [0.717, 1.165) is 11.6 Å². The van der Waals surface area contributed by atoms with Crippen molar-refractivity contribution in [3.8, 4) is 0 Å². The Balaban J connectivity index is 2.98. The second-order valence-electron chi connectivity index (χ2n) is 2.64. The third-order valence-electron chi connectivity index (χ3n) is 0.874. The quantitative estimate of drug-likeness (QED) is 0.499. The van der Waals surface area contributed by atoms with Crippen molar-refractivity contribution < 1.29 is 4.79 Å². The molecule has 10 heavy (non-hydrogen) atoms. The van der Waals surface area contributed by atoms with Crippen LogP contribution in [0.5, 0.6) is 0 Å². The number of amides is 1. The molecule has 60 valence electrons. The van der Waals surface area contributed by atoms with E-state index in [4.69, 9.17) is 0 Å². The maximum atomic E-state index is 10.4. The smallest absolute Gasteiger partial charge is 0.217 e. The molecular formula is C7H15NOS. The van der Waals surface area contributed by atoms with Crippen LogP contribution in [0.3, 0.4) is 0 Å². The first-order chi connectivity index (χ1) is 4.63. The minimum Gasteiger partial charge on any atom is -0.347 e. The summed E-state index contributed by atoms with van der Waals surface area (Å²) in [7, 11) is 0. The Morgan fingerprint density at radius 3 is 2.60 bits per heavy atom. The summed E-state index contributed by atoms with van der Waals surface area (Å²) in [6.07, 6.45) is 0. The number of thioether (sulfide) groups is 1. The lowest BCUT2D eigenvalue weighted by Crippen LogP contribution is -2.19. The molecule has 0 aliphatic rings. The normalized spacial score (nSPS) is 10.0. The average Bonchev–Trinajstić information content (AvgIpc) is 1.79. The minimum atomic E-state index is 0.0521. The largest absolute Gasteiger partial charge is 0.347 e. The predicted octanol–water partition coefficient (Wildman–Crippen LogP) is 1.47. The molecule has 0 heterocycles. The summed E-state index contributed by atoms with van der Waals surface area (Å²) in [5.74, 6) is 2.61. The molecule has 1 N–H and O–H groups in total. The number of nitrogens with one attached hydrogen (secondary N) is 1. The minimum absolute atomic E-state index is 0.0521. The first-order valence-corrected chi connectivity index (χ1v) is 4.60. The highest BCUT2D eigenvalue weighted by atomic mass is 32.2. The molecule has 1 amide bonds. The maximum absolute atomic E-state index is 10.4. The van der Waals surface area contributed by atoms with E-state index in [2.05, 4.69) is 19.2 Å². The Labute approximate surface area is 66.8 Å². The number of rotatable bonds is 4. The Morgan fingerprint density at radius 2 is 2.20 bits per heavy atom. The molecule has 0 spiro atoms. The van der Waals surface area contributed by atoms with Crippen LogP contribution in [0.25, 0.3) is 0 Å². The van der Waals surface area contributed by atoms with Gasteiger partial charge in [-0.2, -0.15) is 0 Å². The molecule has 0 rings (SSSR count). The Morgan fingerprint density at radius 1 is 1.60 bits per heavy atom. The molecule has 0 aromatic heterocycles. The number of hydrogen-bond acceptors (Lipinski definition) is 2. The fraction of sp³-hybridized carbons (Fsp3) is 0.857. The zero-order valence-corrected chi connectivity index (χ0v) is 7.62. The third kappa shape index (κ3) is 7.82. The molecule has 0 fully saturated rings. The van der Waals surface area contributed by atoms with Crippen molar-refractivity contribution in [3.63, 3.8) is 0 Å². The molecule has 0 aliphatic heterocycles. The van der Waals surface area contributed by atoms with E-state index in [1.165, 1.54) is 6.92 Å². The highest BCUT2D eigenvalue weighted by molar-refractivity contribution is 7.99. The van der Waals surface area contributed by atoms with Crippen molar-refractivity contribution in [1.82, 2.24) is 5.32 Å². The van der Waals surface area contributed by atoms with Gasteiger partial charge < -0.3 is 5.32 Å². The predicted molar refractivity (Wildman–Crippen MR) is 46.0 cm³/mol. The summed E-state index contributed by atoms with van der Waals surface area (Å²) in [5.41, 5.74) is 0. The molecule has 0 aromatic rings. The number of hydrogen-bond donors (Lipinski definition) is 1. The van der Waals surface area contributed by atoms with Gasteiger partial charge in [-0.1, -0.05) is 13.8 Å². The molecule has 0 unspecified atom stereocenters. The molecule has 0 aliphatic carbocycles. The van der Waals surface area contributed by atoms with Gasteiger partial charge in [-0.25, -0.2) is 0 Å². The number of carbonyl (C=O) groups is 1. The molecule has 0 bridgehead atoms. The van der Waals surface area contributed by atoms with Gasteiger partial charge in [-0.05, 0) is 11.7 Å². The van der Waals surface area contributed by atoms with Crippen LogP contribution in [0.4, 0.5) is 0 Å². The Hall–Kier alpha value is -0.180. The first-order valence-electron chi connectivity index (χ1n) is 3.45. The van der Waals surface area contributed by atoms with Gasteiger partial charge in [0.25, 0.3) is 0 Å². The zero-order chi connectivity index (χ0) is 7.98. The third-order valence-corrected chi connectivity index (χ3v) is 2.13. The van der Waals surface area contributed by atoms with Crippen LogP contribution < -0.4 is 5.32 Å². The van der Waals surface area contributed by atoms with Crippen molar-refractivity contribution in [2.45, 2.75) is 20.8 Å². The van der Waals surface area contributed by atoms with Gasteiger partial charge in [-0.15, -0.1) is 11.8 Å². The monoisotopic (exact) mass is 161 g/mol. The topological polar surface area (TPSA) is 29.1 Å². The van der Waals surface area contributed by atoms with E-state index >= 15 is 0 Å². The lowest BCUT2D eigenvalue weighted by atomic mass is 10.3. The highest BCUT2D eigenvalue weighted by Gasteiger charge is 1.93. The SMILES string of the molecule is CC(=O)NCSCC(C)C. The van der Waals surface area contributed by atoms with E-state index in [9.17, 15) is 4.79 Å². The first kappa shape index (κ1) is 9.82. The van der Waals surface area contributed by atoms with E-state index in [1.807, 2.05) is 0 Å². The second-order valence-corrected chi connectivity index (χ2v) is 3.67. The van der Waals surface area contributed by atoms with Crippen LogP contribution in [-0.4, -0.2) is 17.5 Å². The van der Waals surface area contributed by atoms with Gasteiger partial charge in [0.2, 0.25) is 5.91 Å². The summed E-state index contributed by atoms with van der Waals surface area (Å²) in [5, 5.41) is 2.72. The van der Waals surface area contributed by atoms with Crippen LogP contribution in [0.2, 0.25) is 0 Å². The zero-order valence-electron chi connectivity index (χ0n) is 6.81. The second kappa shape index (κ2) is 5.59. The molecule has 3 heteroatoms. The van der Waals surface area contributed by atoms with Crippen LogP contribution in [-0.2, 0) is 4.79 Å². The van der Waals surface area contributed by atoms with Crippen molar-refractivity contribution in [3.05, 3.63) is 0 Å². The van der Waals surface area contributed by atoms with Crippen LogP contribution >= 0.6 is 11.8 Å². The summed E-state index contributed by atoms with van der Waals surface area (Å²) < 4.78 is 0. The average molecular weight is 161 g/mol. The fourth-order valence-electron chi connectivity index (χ4n) is 0.447. The summed E-state index contributed by atoms with van der Waals surface area (Å²) in [6.45, 7) is 5.87. The van der Waals surface area contributed by atoms with E-state index in [-0.39, 0.29) is 5.91 Å². The van der Waals surface area contributed by atoms with Crippen LogP contribution in [0, 0.1) is 5.92 Å². The highest BCUT2D eigenvalue weighted by Crippen LogP contribution is 2.04. The van der Waals surface area contributed by atoms with Crippen molar-refractivity contribution in [2.75, 3.05) is 11.6 Å². The van der Waals surface area contributed by atoms with E-state index < -0.39 is 0 Å². The molecular weight excluding hydrogens is 146 g/mol. The van der Waals surface area contributed by atoms with Gasteiger partial charge in [0, 0.05) is 6.92 Å². The lowest BCUT2D eigenvalue weighted by molar-refractivity contribution is -0.118. The van der Waals surface area contributed by atoms with E-state index in [0.29, 0.717) is 5.92 Å². The van der Waals surface area contributed by atoms with Gasteiger partial charge in [0.15, 0.2) is 0 Å². The fourth-order valence-corrected chi connectivity index (χ4v) is 1.34. The van der Waals surface area contributed by atoms with Crippen molar-refractivity contribution in [2.24, 2.45) is 5.92 Å². The Kier molecular flexibility index (Phi) is 5.49. The van der Waals surface area contributed by atoms with Gasteiger partial charge >= 0.3 is 0 Å². The molecule has 0 radical (unpaired) electrons. The van der Waals surface area contributed by atoms with Gasteiger partial charge in [0.05, 0.1) is 5.88 Å². The maximum Gasteiger partial charge on any atom is 0.217 e. The summed E-state index contributed by atoms with van der Waals surface area (Å²) >= 11 is 1.76. The van der Waals surface area contributed by atoms with Gasteiger partial charge in [-0.3, -0.25) is 4.79 Å². The van der Waals surface area contributed by atoms with Crippen LogP contribution in [0.15, 0.2) is 0 Å². The number of carbonyl (C=O) groups excluding carboxylic acids is 1. The van der Waals surface area contributed by atoms with Crippen molar-refractivity contribution in [1.29, 1.82) is 0 Å². The lowest BCUT2D eigenvalue weighted by Gasteiger charge is -2.03. The molecule has 0 atom stereocenters. The Bertz CT molecular complexity index is 104. The van der Waals surface area contributed by atoms with E-state index in [1.54, 1.807) is 11.8 Å². The standard InChI is InChI=1S/C7H15NOS/c1-6(2)4-10-5-8-7(3)9/h6H,4-5H2,1-3H3,(H,8,9). The summed E-state index contributed by atoms with van der Waals surface area (Å²) in [6, 6.07) is 0.